The Morgan fingerprint density at radius 1 is 1.08 bits per heavy atom. The van der Waals surface area contributed by atoms with E-state index in [2.05, 4.69) is 5.32 Å². The molecule has 0 bridgehead atoms. The van der Waals surface area contributed by atoms with Gasteiger partial charge in [-0.3, -0.25) is 4.79 Å². The van der Waals surface area contributed by atoms with E-state index in [1.807, 2.05) is 54.6 Å². The van der Waals surface area contributed by atoms with E-state index in [9.17, 15) is 13.2 Å². The van der Waals surface area contributed by atoms with Crippen molar-refractivity contribution in [1.82, 2.24) is 5.32 Å². The Bertz CT molecular complexity index is 831. The Hall–Kier alpha value is -2.34. The van der Waals surface area contributed by atoms with E-state index in [1.54, 1.807) is 6.92 Å². The molecule has 25 heavy (non-hydrogen) atoms. The molecule has 0 saturated carbocycles. The van der Waals surface area contributed by atoms with Crippen molar-refractivity contribution in [3.05, 3.63) is 54.6 Å². The molecule has 3 rings (SSSR count). The van der Waals surface area contributed by atoms with Crippen molar-refractivity contribution in [2.75, 3.05) is 11.5 Å². The third kappa shape index (κ3) is 4.60. The Balaban J connectivity index is 1.57. The van der Waals surface area contributed by atoms with Crippen LogP contribution in [0.5, 0.6) is 5.75 Å². The van der Waals surface area contributed by atoms with E-state index in [4.69, 9.17) is 4.74 Å². The van der Waals surface area contributed by atoms with E-state index in [0.717, 1.165) is 11.1 Å². The van der Waals surface area contributed by atoms with Gasteiger partial charge in [-0.2, -0.15) is 0 Å². The van der Waals surface area contributed by atoms with Crippen LogP contribution in [0.25, 0.3) is 11.1 Å². The number of carbonyl (C=O) groups is 1. The molecule has 2 atom stereocenters. The number of sulfone groups is 1. The molecular weight excluding hydrogens is 338 g/mol. The number of amides is 1. The Morgan fingerprint density at radius 2 is 1.72 bits per heavy atom. The van der Waals surface area contributed by atoms with Crippen LogP contribution in [-0.2, 0) is 14.6 Å². The second kappa shape index (κ2) is 7.27. The van der Waals surface area contributed by atoms with E-state index in [1.165, 1.54) is 0 Å². The minimum absolute atomic E-state index is 0.0111. The number of carbonyl (C=O) groups excluding carboxylic acids is 1. The quantitative estimate of drug-likeness (QED) is 0.890. The molecule has 0 unspecified atom stereocenters. The van der Waals surface area contributed by atoms with Crippen LogP contribution in [0.4, 0.5) is 0 Å². The van der Waals surface area contributed by atoms with E-state index >= 15 is 0 Å². The van der Waals surface area contributed by atoms with Gasteiger partial charge in [0, 0.05) is 6.04 Å². The van der Waals surface area contributed by atoms with Gasteiger partial charge in [0.1, 0.15) is 5.75 Å². The number of rotatable bonds is 5. The molecule has 0 aliphatic carbocycles. The van der Waals surface area contributed by atoms with Crippen molar-refractivity contribution in [2.24, 2.45) is 0 Å². The minimum Gasteiger partial charge on any atom is -0.481 e. The molecule has 1 aliphatic rings. The van der Waals surface area contributed by atoms with Gasteiger partial charge in [-0.15, -0.1) is 0 Å². The highest BCUT2D eigenvalue weighted by Gasteiger charge is 2.30. The molecule has 1 heterocycles. The number of hydrogen-bond acceptors (Lipinski definition) is 4. The van der Waals surface area contributed by atoms with Crippen molar-refractivity contribution in [1.29, 1.82) is 0 Å². The normalized spacial score (nSPS) is 20.0. The van der Waals surface area contributed by atoms with Crippen LogP contribution in [0.3, 0.4) is 0 Å². The fraction of sp³-hybridized carbons (Fsp3) is 0.316. The molecule has 6 heteroatoms. The van der Waals surface area contributed by atoms with Crippen LogP contribution < -0.4 is 10.1 Å². The van der Waals surface area contributed by atoms with E-state index in [-0.39, 0.29) is 23.5 Å². The molecular formula is C19H21NO4S. The first-order valence-electron chi connectivity index (χ1n) is 8.26. The fourth-order valence-electron chi connectivity index (χ4n) is 2.84. The molecule has 2 aromatic rings. The standard InChI is InChI=1S/C19H21NO4S/c1-14(19(21)20-17-11-12-25(22,23)13-17)24-18-9-7-16(8-10-18)15-5-3-2-4-6-15/h2-10,14,17H,11-13H2,1H3,(H,20,21)/t14-,17+/m0/s1. The highest BCUT2D eigenvalue weighted by atomic mass is 32.2. The molecule has 1 N–H and O–H groups in total. The molecule has 1 amide bonds. The van der Waals surface area contributed by atoms with E-state index < -0.39 is 15.9 Å². The molecule has 1 saturated heterocycles. The van der Waals surface area contributed by atoms with Crippen molar-refractivity contribution in [2.45, 2.75) is 25.5 Å². The monoisotopic (exact) mass is 359 g/mol. The van der Waals surface area contributed by atoms with Crippen LogP contribution in [0.1, 0.15) is 13.3 Å². The lowest BCUT2D eigenvalue weighted by atomic mass is 10.1. The van der Waals surface area contributed by atoms with Gasteiger partial charge in [0.05, 0.1) is 11.5 Å². The van der Waals surface area contributed by atoms with Gasteiger partial charge < -0.3 is 10.1 Å². The molecule has 132 valence electrons. The second-order valence-corrected chi connectivity index (χ2v) is 8.49. The van der Waals surface area contributed by atoms with Gasteiger partial charge in [0.15, 0.2) is 15.9 Å². The van der Waals surface area contributed by atoms with Crippen LogP contribution in [0, 0.1) is 0 Å². The smallest absolute Gasteiger partial charge is 0.261 e. The zero-order valence-electron chi connectivity index (χ0n) is 14.0. The Kier molecular flexibility index (Phi) is 5.08. The zero-order valence-corrected chi connectivity index (χ0v) is 14.8. The highest BCUT2D eigenvalue weighted by Crippen LogP contribution is 2.22. The van der Waals surface area contributed by atoms with Gasteiger partial charge in [-0.05, 0) is 36.6 Å². The minimum atomic E-state index is -3.01. The number of benzene rings is 2. The predicted molar refractivity (Wildman–Crippen MR) is 97.2 cm³/mol. The summed E-state index contributed by atoms with van der Waals surface area (Å²) in [6, 6.07) is 17.2. The first-order valence-corrected chi connectivity index (χ1v) is 10.1. The third-order valence-corrected chi connectivity index (χ3v) is 5.99. The van der Waals surface area contributed by atoms with Gasteiger partial charge in [0.2, 0.25) is 0 Å². The third-order valence-electron chi connectivity index (χ3n) is 4.22. The van der Waals surface area contributed by atoms with Gasteiger partial charge in [-0.1, -0.05) is 42.5 Å². The molecule has 0 radical (unpaired) electrons. The summed E-state index contributed by atoms with van der Waals surface area (Å²) in [5.74, 6) is 0.446. The van der Waals surface area contributed by atoms with Gasteiger partial charge in [0.25, 0.3) is 5.91 Å². The first-order chi connectivity index (χ1) is 11.9. The predicted octanol–water partition coefficient (Wildman–Crippen LogP) is 2.42. The van der Waals surface area contributed by atoms with Crippen LogP contribution in [0.15, 0.2) is 54.6 Å². The van der Waals surface area contributed by atoms with Gasteiger partial charge in [-0.25, -0.2) is 8.42 Å². The van der Waals surface area contributed by atoms with Crippen molar-refractivity contribution < 1.29 is 17.9 Å². The highest BCUT2D eigenvalue weighted by molar-refractivity contribution is 7.91. The van der Waals surface area contributed by atoms with Crippen molar-refractivity contribution in [3.63, 3.8) is 0 Å². The molecule has 5 nitrogen and oxygen atoms in total. The summed E-state index contributed by atoms with van der Waals surface area (Å²) in [5.41, 5.74) is 2.18. The average molecular weight is 359 g/mol. The summed E-state index contributed by atoms with van der Waals surface area (Å²) in [5, 5.41) is 2.75. The number of hydrogen-bond donors (Lipinski definition) is 1. The van der Waals surface area contributed by atoms with Crippen LogP contribution in [-0.4, -0.2) is 38.0 Å². The first kappa shape index (κ1) is 17.5. The molecule has 0 spiro atoms. The topological polar surface area (TPSA) is 72.5 Å². The van der Waals surface area contributed by atoms with Gasteiger partial charge >= 0.3 is 0 Å². The maximum absolute atomic E-state index is 12.2. The SMILES string of the molecule is C[C@H](Oc1ccc(-c2ccccc2)cc1)C(=O)N[C@@H]1CCS(=O)(=O)C1. The molecule has 0 aromatic heterocycles. The lowest BCUT2D eigenvalue weighted by Gasteiger charge is -2.17. The summed E-state index contributed by atoms with van der Waals surface area (Å²) < 4.78 is 28.6. The summed E-state index contributed by atoms with van der Waals surface area (Å²) in [4.78, 5) is 12.2. The summed E-state index contributed by atoms with van der Waals surface area (Å²) in [7, 11) is -3.01. The zero-order chi connectivity index (χ0) is 17.9. The number of nitrogens with one attached hydrogen (secondary N) is 1. The fourth-order valence-corrected chi connectivity index (χ4v) is 4.51. The Morgan fingerprint density at radius 3 is 2.32 bits per heavy atom. The molecule has 1 fully saturated rings. The van der Waals surface area contributed by atoms with Crippen LogP contribution >= 0.6 is 0 Å². The summed E-state index contributed by atoms with van der Waals surface area (Å²) in [6.45, 7) is 1.66. The maximum Gasteiger partial charge on any atom is 0.261 e. The lowest BCUT2D eigenvalue weighted by Crippen LogP contribution is -2.43. The van der Waals surface area contributed by atoms with Crippen LogP contribution in [0.2, 0.25) is 0 Å². The average Bonchev–Trinajstić information content (AvgIpc) is 2.95. The Labute approximate surface area is 147 Å². The van der Waals surface area contributed by atoms with Crippen molar-refractivity contribution >= 4 is 15.7 Å². The molecule has 2 aromatic carbocycles. The maximum atomic E-state index is 12.2. The van der Waals surface area contributed by atoms with Crippen molar-refractivity contribution in [3.8, 4) is 16.9 Å². The number of ether oxygens (including phenoxy) is 1. The largest absolute Gasteiger partial charge is 0.481 e. The van der Waals surface area contributed by atoms with E-state index in [0.29, 0.717) is 12.2 Å². The second-order valence-electron chi connectivity index (χ2n) is 6.26. The lowest BCUT2D eigenvalue weighted by molar-refractivity contribution is -0.127. The summed E-state index contributed by atoms with van der Waals surface area (Å²) in [6.07, 6.45) is -0.224. The summed E-state index contributed by atoms with van der Waals surface area (Å²) >= 11 is 0. The molecule has 1 aliphatic heterocycles.